The lowest BCUT2D eigenvalue weighted by Crippen LogP contribution is -2.16. The molecule has 23 heavy (non-hydrogen) atoms. The third-order valence-electron chi connectivity index (χ3n) is 3.80. The molecule has 4 heteroatoms. The van der Waals surface area contributed by atoms with Crippen LogP contribution in [0.4, 0.5) is 4.39 Å². The van der Waals surface area contributed by atoms with Gasteiger partial charge in [0.25, 0.3) is 0 Å². The Balaban J connectivity index is 2.19. The van der Waals surface area contributed by atoms with Crippen molar-refractivity contribution in [2.75, 3.05) is 20.3 Å². The molecule has 2 N–H and O–H groups in total. The van der Waals surface area contributed by atoms with E-state index in [1.165, 1.54) is 6.07 Å². The van der Waals surface area contributed by atoms with Crippen molar-refractivity contribution in [1.82, 2.24) is 0 Å². The van der Waals surface area contributed by atoms with Gasteiger partial charge in [-0.05, 0) is 48.7 Å². The number of benzene rings is 2. The van der Waals surface area contributed by atoms with E-state index in [0.717, 1.165) is 17.7 Å². The predicted molar refractivity (Wildman–Crippen MR) is 90.7 cm³/mol. The van der Waals surface area contributed by atoms with Crippen LogP contribution in [0.2, 0.25) is 0 Å². The number of ether oxygens (including phenoxy) is 2. The Bertz CT molecular complexity index is 631. The first-order valence-corrected chi connectivity index (χ1v) is 7.93. The third-order valence-corrected chi connectivity index (χ3v) is 3.80. The van der Waals surface area contributed by atoms with E-state index in [1.54, 1.807) is 19.2 Å². The smallest absolute Gasteiger partial charge is 0.161 e. The Labute approximate surface area is 137 Å². The second-order valence-electron chi connectivity index (χ2n) is 5.49. The summed E-state index contributed by atoms with van der Waals surface area (Å²) in [4.78, 5) is 0. The highest BCUT2D eigenvalue weighted by Gasteiger charge is 2.16. The maximum absolute atomic E-state index is 14.0. The van der Waals surface area contributed by atoms with E-state index in [0.29, 0.717) is 30.9 Å². The average Bonchev–Trinajstić information content (AvgIpc) is 2.59. The fourth-order valence-electron chi connectivity index (χ4n) is 2.58. The van der Waals surface area contributed by atoms with Crippen molar-refractivity contribution < 1.29 is 13.9 Å². The SMILES string of the molecule is CCCOc1ccc(CC(CN)c2ccccc2F)cc1OC. The van der Waals surface area contributed by atoms with Gasteiger partial charge >= 0.3 is 0 Å². The zero-order chi connectivity index (χ0) is 16.7. The normalized spacial score (nSPS) is 12.0. The van der Waals surface area contributed by atoms with Gasteiger partial charge in [-0.25, -0.2) is 4.39 Å². The van der Waals surface area contributed by atoms with E-state index in [1.807, 2.05) is 24.3 Å². The van der Waals surface area contributed by atoms with E-state index in [-0.39, 0.29) is 11.7 Å². The van der Waals surface area contributed by atoms with Crippen LogP contribution in [0.1, 0.15) is 30.4 Å². The number of halogens is 1. The first-order chi connectivity index (χ1) is 11.2. The average molecular weight is 317 g/mol. The summed E-state index contributed by atoms with van der Waals surface area (Å²) in [7, 11) is 1.62. The van der Waals surface area contributed by atoms with Crippen molar-refractivity contribution in [2.24, 2.45) is 5.73 Å². The summed E-state index contributed by atoms with van der Waals surface area (Å²) in [6, 6.07) is 12.6. The molecule has 0 spiro atoms. The monoisotopic (exact) mass is 317 g/mol. The Hall–Kier alpha value is -2.07. The minimum absolute atomic E-state index is 0.0664. The van der Waals surface area contributed by atoms with Crippen LogP contribution in [-0.2, 0) is 6.42 Å². The van der Waals surface area contributed by atoms with Crippen molar-refractivity contribution >= 4 is 0 Å². The van der Waals surface area contributed by atoms with Crippen molar-refractivity contribution in [2.45, 2.75) is 25.7 Å². The maximum atomic E-state index is 14.0. The zero-order valence-electron chi connectivity index (χ0n) is 13.7. The summed E-state index contributed by atoms with van der Waals surface area (Å²) in [5, 5.41) is 0. The fraction of sp³-hybridized carbons (Fsp3) is 0.368. The van der Waals surface area contributed by atoms with Crippen molar-refractivity contribution in [3.8, 4) is 11.5 Å². The minimum Gasteiger partial charge on any atom is -0.493 e. The summed E-state index contributed by atoms with van der Waals surface area (Å²) in [5.41, 5.74) is 7.56. The van der Waals surface area contributed by atoms with Gasteiger partial charge in [-0.15, -0.1) is 0 Å². The van der Waals surface area contributed by atoms with Gasteiger partial charge in [-0.3, -0.25) is 0 Å². The summed E-state index contributed by atoms with van der Waals surface area (Å²) < 4.78 is 25.0. The molecule has 0 aliphatic heterocycles. The molecule has 2 aromatic carbocycles. The summed E-state index contributed by atoms with van der Waals surface area (Å²) in [6.07, 6.45) is 1.59. The lowest BCUT2D eigenvalue weighted by atomic mass is 9.91. The number of hydrogen-bond donors (Lipinski definition) is 1. The van der Waals surface area contributed by atoms with Gasteiger partial charge in [0, 0.05) is 5.92 Å². The summed E-state index contributed by atoms with van der Waals surface area (Å²) >= 11 is 0. The second-order valence-corrected chi connectivity index (χ2v) is 5.49. The quantitative estimate of drug-likeness (QED) is 0.803. The van der Waals surface area contributed by atoms with Crippen LogP contribution >= 0.6 is 0 Å². The lowest BCUT2D eigenvalue weighted by molar-refractivity contribution is 0.294. The highest BCUT2D eigenvalue weighted by molar-refractivity contribution is 5.43. The number of rotatable bonds is 8. The molecule has 124 valence electrons. The molecule has 1 atom stereocenters. The van der Waals surface area contributed by atoms with Gasteiger partial charge in [-0.1, -0.05) is 31.2 Å². The van der Waals surface area contributed by atoms with Gasteiger partial charge < -0.3 is 15.2 Å². The van der Waals surface area contributed by atoms with Crippen LogP contribution in [0.15, 0.2) is 42.5 Å². The third kappa shape index (κ3) is 4.45. The molecule has 0 fully saturated rings. The Morgan fingerprint density at radius 1 is 1.13 bits per heavy atom. The highest BCUT2D eigenvalue weighted by Crippen LogP contribution is 2.31. The molecule has 2 aromatic rings. The van der Waals surface area contributed by atoms with Gasteiger partial charge in [0.1, 0.15) is 5.82 Å². The fourth-order valence-corrected chi connectivity index (χ4v) is 2.58. The second kappa shape index (κ2) is 8.53. The van der Waals surface area contributed by atoms with Gasteiger partial charge in [0.2, 0.25) is 0 Å². The van der Waals surface area contributed by atoms with Gasteiger partial charge in [-0.2, -0.15) is 0 Å². The molecule has 0 amide bonds. The molecule has 0 aliphatic rings. The molecule has 0 saturated carbocycles. The molecule has 0 aliphatic carbocycles. The first kappa shape index (κ1) is 17.3. The van der Waals surface area contributed by atoms with E-state index in [9.17, 15) is 4.39 Å². The molecule has 0 saturated heterocycles. The Kier molecular flexibility index (Phi) is 6.41. The van der Waals surface area contributed by atoms with Crippen LogP contribution in [0.25, 0.3) is 0 Å². The number of nitrogens with two attached hydrogens (primary N) is 1. The van der Waals surface area contributed by atoms with Crippen LogP contribution in [0.3, 0.4) is 0 Å². The first-order valence-electron chi connectivity index (χ1n) is 7.93. The van der Waals surface area contributed by atoms with Crippen molar-refractivity contribution in [1.29, 1.82) is 0 Å². The lowest BCUT2D eigenvalue weighted by Gasteiger charge is -2.17. The number of hydrogen-bond acceptors (Lipinski definition) is 3. The van der Waals surface area contributed by atoms with E-state index in [2.05, 4.69) is 6.92 Å². The molecular weight excluding hydrogens is 293 g/mol. The zero-order valence-corrected chi connectivity index (χ0v) is 13.7. The maximum Gasteiger partial charge on any atom is 0.161 e. The van der Waals surface area contributed by atoms with Gasteiger partial charge in [0.15, 0.2) is 11.5 Å². The molecule has 0 radical (unpaired) electrons. The van der Waals surface area contributed by atoms with Crippen molar-refractivity contribution in [3.05, 3.63) is 59.4 Å². The highest BCUT2D eigenvalue weighted by atomic mass is 19.1. The Morgan fingerprint density at radius 3 is 2.57 bits per heavy atom. The summed E-state index contributed by atoms with van der Waals surface area (Å²) in [5.74, 6) is 1.15. The summed E-state index contributed by atoms with van der Waals surface area (Å²) in [6.45, 7) is 3.09. The van der Waals surface area contributed by atoms with Crippen molar-refractivity contribution in [3.63, 3.8) is 0 Å². The Morgan fingerprint density at radius 2 is 1.91 bits per heavy atom. The molecule has 0 aromatic heterocycles. The molecule has 0 heterocycles. The standard InChI is InChI=1S/C19H24FNO2/c1-3-10-23-18-9-8-14(12-19(18)22-2)11-15(13-21)16-6-4-5-7-17(16)20/h4-9,12,15H,3,10-11,13,21H2,1-2H3. The minimum atomic E-state index is -0.210. The predicted octanol–water partition coefficient (Wildman–Crippen LogP) is 3.91. The van der Waals surface area contributed by atoms with Crippen LogP contribution in [0.5, 0.6) is 11.5 Å². The topological polar surface area (TPSA) is 44.5 Å². The van der Waals surface area contributed by atoms with Crippen LogP contribution in [-0.4, -0.2) is 20.3 Å². The molecule has 1 unspecified atom stereocenters. The van der Waals surface area contributed by atoms with Gasteiger partial charge in [0.05, 0.1) is 13.7 Å². The van der Waals surface area contributed by atoms with E-state index in [4.69, 9.17) is 15.2 Å². The van der Waals surface area contributed by atoms with Crippen LogP contribution < -0.4 is 15.2 Å². The molecular formula is C19H24FNO2. The number of methoxy groups -OCH3 is 1. The molecule has 0 bridgehead atoms. The van der Waals surface area contributed by atoms with Crippen LogP contribution in [0, 0.1) is 5.82 Å². The molecule has 3 nitrogen and oxygen atoms in total. The molecule has 2 rings (SSSR count). The van der Waals surface area contributed by atoms with E-state index >= 15 is 0 Å². The van der Waals surface area contributed by atoms with E-state index < -0.39 is 0 Å². The largest absolute Gasteiger partial charge is 0.493 e.